The van der Waals surface area contributed by atoms with Gasteiger partial charge in [-0.25, -0.2) is 9.97 Å². The summed E-state index contributed by atoms with van der Waals surface area (Å²) in [5.74, 6) is -1.06. The summed E-state index contributed by atoms with van der Waals surface area (Å²) >= 11 is 0. The van der Waals surface area contributed by atoms with Crippen molar-refractivity contribution in [2.24, 2.45) is 0 Å². The van der Waals surface area contributed by atoms with Crippen molar-refractivity contribution in [3.8, 4) is 11.3 Å². The zero-order valence-electron chi connectivity index (χ0n) is 16.3. The van der Waals surface area contributed by atoms with Crippen LogP contribution in [0, 0.1) is 13.8 Å². The van der Waals surface area contributed by atoms with Gasteiger partial charge in [-0.2, -0.15) is 13.2 Å². The predicted molar refractivity (Wildman–Crippen MR) is 104 cm³/mol. The maximum absolute atomic E-state index is 12.8. The second-order valence-electron chi connectivity index (χ2n) is 7.42. The van der Waals surface area contributed by atoms with Crippen LogP contribution in [0.1, 0.15) is 33.8 Å². The van der Waals surface area contributed by atoms with Gasteiger partial charge in [0.05, 0.1) is 11.4 Å². The molecule has 0 saturated heterocycles. The zero-order chi connectivity index (χ0) is 20.6. The van der Waals surface area contributed by atoms with Gasteiger partial charge in [-0.1, -0.05) is 24.3 Å². The molecule has 1 aromatic carbocycles. The fourth-order valence-electron chi connectivity index (χ4n) is 3.61. The van der Waals surface area contributed by atoms with E-state index in [4.69, 9.17) is 0 Å². The van der Waals surface area contributed by atoms with Gasteiger partial charge in [0, 0.05) is 49.6 Å². The summed E-state index contributed by atoms with van der Waals surface area (Å²) in [6, 6.07) is 10.3. The van der Waals surface area contributed by atoms with Crippen molar-refractivity contribution >= 4 is 0 Å². The Kier molecular flexibility index (Phi) is 5.08. The summed E-state index contributed by atoms with van der Waals surface area (Å²) in [4.78, 5) is 14.0. The van der Waals surface area contributed by atoms with Crippen LogP contribution in [0.2, 0.25) is 0 Å². The summed E-state index contributed by atoms with van der Waals surface area (Å²) < 4.78 is 38.3. The van der Waals surface area contributed by atoms with Crippen LogP contribution >= 0.6 is 0 Å². The standard InChI is InChI=1S/C22H21F3N4/c1-14-4-3-5-18(15(14)2)20-7-6-16(10-26-20)12-29-9-8-19-17(13-29)11-27-21(28-19)22(23,24)25/h3-7,10-11H,8-9,12-13H2,1-2H3. The first-order valence-electron chi connectivity index (χ1n) is 9.47. The fraction of sp³-hybridized carbons (Fsp3) is 0.318. The van der Waals surface area contributed by atoms with Crippen molar-refractivity contribution in [1.29, 1.82) is 0 Å². The smallest absolute Gasteiger partial charge is 0.294 e. The monoisotopic (exact) mass is 398 g/mol. The van der Waals surface area contributed by atoms with Crippen LogP contribution < -0.4 is 0 Å². The largest absolute Gasteiger partial charge is 0.451 e. The Labute approximate surface area is 167 Å². The number of rotatable bonds is 3. The van der Waals surface area contributed by atoms with Crippen molar-refractivity contribution in [2.75, 3.05) is 6.54 Å². The topological polar surface area (TPSA) is 41.9 Å². The van der Waals surface area contributed by atoms with Gasteiger partial charge in [0.15, 0.2) is 0 Å². The first-order valence-corrected chi connectivity index (χ1v) is 9.47. The molecule has 0 saturated carbocycles. The molecule has 4 rings (SSSR count). The summed E-state index contributed by atoms with van der Waals surface area (Å²) in [5.41, 5.74) is 6.83. The van der Waals surface area contributed by atoms with Gasteiger partial charge in [-0.3, -0.25) is 9.88 Å². The molecule has 3 heterocycles. The lowest BCUT2D eigenvalue weighted by molar-refractivity contribution is -0.145. The van der Waals surface area contributed by atoms with Crippen LogP contribution in [0.5, 0.6) is 0 Å². The zero-order valence-corrected chi connectivity index (χ0v) is 16.3. The minimum atomic E-state index is -4.50. The average Bonchev–Trinajstić information content (AvgIpc) is 2.70. The molecule has 0 N–H and O–H groups in total. The summed E-state index contributed by atoms with van der Waals surface area (Å²) in [5, 5.41) is 0. The molecule has 0 spiro atoms. The molecule has 0 bridgehead atoms. The van der Waals surface area contributed by atoms with Gasteiger partial charge < -0.3 is 0 Å². The van der Waals surface area contributed by atoms with E-state index in [-0.39, 0.29) is 0 Å². The van der Waals surface area contributed by atoms with Gasteiger partial charge in [0.1, 0.15) is 0 Å². The Morgan fingerprint density at radius 1 is 1.03 bits per heavy atom. The van der Waals surface area contributed by atoms with E-state index in [0.29, 0.717) is 31.7 Å². The molecule has 0 fully saturated rings. The minimum absolute atomic E-state index is 0.481. The molecule has 3 aromatic rings. The Morgan fingerprint density at radius 3 is 2.59 bits per heavy atom. The molecule has 2 aromatic heterocycles. The Morgan fingerprint density at radius 2 is 1.86 bits per heavy atom. The number of nitrogens with zero attached hydrogens (tertiary/aromatic N) is 4. The third-order valence-electron chi connectivity index (χ3n) is 5.38. The summed E-state index contributed by atoms with van der Waals surface area (Å²) in [6.07, 6.45) is -0.848. The lowest BCUT2D eigenvalue weighted by atomic mass is 10.0. The van der Waals surface area contributed by atoms with Crippen LogP contribution in [0.25, 0.3) is 11.3 Å². The Hall–Kier alpha value is -2.80. The number of pyridine rings is 1. The molecule has 0 aliphatic carbocycles. The number of aromatic nitrogens is 3. The number of alkyl halides is 3. The second kappa shape index (κ2) is 7.55. The number of hydrogen-bond donors (Lipinski definition) is 0. The van der Waals surface area contributed by atoms with E-state index in [0.717, 1.165) is 22.4 Å². The SMILES string of the molecule is Cc1cccc(-c2ccc(CN3CCc4nc(C(F)(F)F)ncc4C3)cn2)c1C. The maximum atomic E-state index is 12.8. The highest BCUT2D eigenvalue weighted by molar-refractivity contribution is 5.64. The number of hydrogen-bond acceptors (Lipinski definition) is 4. The van der Waals surface area contributed by atoms with Gasteiger partial charge in [0.25, 0.3) is 0 Å². The fourth-order valence-corrected chi connectivity index (χ4v) is 3.61. The molecule has 0 radical (unpaired) electrons. The number of halogens is 3. The van der Waals surface area contributed by atoms with E-state index in [2.05, 4.69) is 51.9 Å². The number of benzene rings is 1. The molecule has 29 heavy (non-hydrogen) atoms. The second-order valence-corrected chi connectivity index (χ2v) is 7.42. The van der Waals surface area contributed by atoms with Crippen LogP contribution in [0.15, 0.2) is 42.7 Å². The van der Waals surface area contributed by atoms with Crippen molar-refractivity contribution in [2.45, 2.75) is 39.5 Å². The van der Waals surface area contributed by atoms with Gasteiger partial charge in [-0.05, 0) is 36.6 Å². The van der Waals surface area contributed by atoms with E-state index in [1.807, 2.05) is 18.3 Å². The summed E-state index contributed by atoms with van der Waals surface area (Å²) in [6.45, 7) is 6.05. The quantitative estimate of drug-likeness (QED) is 0.640. The van der Waals surface area contributed by atoms with E-state index in [1.165, 1.54) is 17.3 Å². The van der Waals surface area contributed by atoms with Crippen LogP contribution in [-0.4, -0.2) is 26.4 Å². The molecular formula is C22H21F3N4. The van der Waals surface area contributed by atoms with Crippen LogP contribution in [0.4, 0.5) is 13.2 Å². The average molecular weight is 398 g/mol. The first kappa shape index (κ1) is 19.5. The highest BCUT2D eigenvalue weighted by Crippen LogP contribution is 2.28. The van der Waals surface area contributed by atoms with E-state index < -0.39 is 12.0 Å². The van der Waals surface area contributed by atoms with Crippen molar-refractivity contribution < 1.29 is 13.2 Å². The molecule has 150 valence electrons. The van der Waals surface area contributed by atoms with Crippen molar-refractivity contribution in [1.82, 2.24) is 19.9 Å². The highest BCUT2D eigenvalue weighted by Gasteiger charge is 2.35. The van der Waals surface area contributed by atoms with E-state index >= 15 is 0 Å². The molecule has 7 heteroatoms. The first-order chi connectivity index (χ1) is 13.8. The maximum Gasteiger partial charge on any atom is 0.451 e. The van der Waals surface area contributed by atoms with Gasteiger partial charge >= 0.3 is 6.18 Å². The predicted octanol–water partition coefficient (Wildman–Crippen LogP) is 4.73. The Bertz CT molecular complexity index is 1030. The molecule has 0 amide bonds. The van der Waals surface area contributed by atoms with Gasteiger partial charge in [-0.15, -0.1) is 0 Å². The van der Waals surface area contributed by atoms with Crippen molar-refractivity contribution in [3.63, 3.8) is 0 Å². The lowest BCUT2D eigenvalue weighted by Crippen LogP contribution is -2.31. The molecule has 0 unspecified atom stereocenters. The van der Waals surface area contributed by atoms with Crippen LogP contribution in [-0.2, 0) is 25.7 Å². The van der Waals surface area contributed by atoms with E-state index in [1.54, 1.807) is 0 Å². The molecule has 0 atom stereocenters. The van der Waals surface area contributed by atoms with Crippen LogP contribution in [0.3, 0.4) is 0 Å². The molecule has 4 nitrogen and oxygen atoms in total. The Balaban J connectivity index is 1.46. The van der Waals surface area contributed by atoms with Crippen molar-refractivity contribution in [3.05, 3.63) is 76.5 Å². The third-order valence-corrected chi connectivity index (χ3v) is 5.38. The van der Waals surface area contributed by atoms with E-state index in [9.17, 15) is 13.2 Å². The molecule has 1 aliphatic rings. The number of aryl methyl sites for hydroxylation is 1. The normalized spacial score (nSPS) is 14.7. The van der Waals surface area contributed by atoms with Gasteiger partial charge in [0.2, 0.25) is 5.82 Å². The third kappa shape index (κ3) is 4.15. The molecule has 1 aliphatic heterocycles. The molecular weight excluding hydrogens is 377 g/mol. The lowest BCUT2D eigenvalue weighted by Gasteiger charge is -2.28. The number of fused-ring (bicyclic) bond motifs is 1. The highest BCUT2D eigenvalue weighted by atomic mass is 19.4. The summed E-state index contributed by atoms with van der Waals surface area (Å²) in [7, 11) is 0. The minimum Gasteiger partial charge on any atom is -0.294 e.